The third kappa shape index (κ3) is 2.19. The molecule has 1 aromatic heterocycles. The molecule has 0 saturated heterocycles. The van der Waals surface area contributed by atoms with E-state index in [0.717, 1.165) is 18.4 Å². The van der Waals surface area contributed by atoms with Crippen molar-refractivity contribution in [3.05, 3.63) is 46.3 Å². The first kappa shape index (κ1) is 11.8. The van der Waals surface area contributed by atoms with Crippen LogP contribution in [0.3, 0.4) is 0 Å². The lowest BCUT2D eigenvalue weighted by Crippen LogP contribution is -2.29. The van der Waals surface area contributed by atoms with Crippen LogP contribution in [0.25, 0.3) is 11.3 Å². The van der Waals surface area contributed by atoms with Gasteiger partial charge in [-0.25, -0.2) is 9.53 Å². The van der Waals surface area contributed by atoms with E-state index < -0.39 is 5.63 Å². The molecule has 1 aromatic carbocycles. The molecule has 0 aliphatic heterocycles. The number of carbonyl (C=O) groups excluding carboxylic acids is 1. The van der Waals surface area contributed by atoms with Crippen molar-refractivity contribution in [1.82, 2.24) is 10.1 Å². The number of aromatic nitrogens is 1. The van der Waals surface area contributed by atoms with Gasteiger partial charge >= 0.3 is 5.63 Å². The number of hydrogen-bond donors (Lipinski definition) is 1. The van der Waals surface area contributed by atoms with Gasteiger partial charge in [0, 0.05) is 18.7 Å². The molecule has 0 unspecified atom stereocenters. The summed E-state index contributed by atoms with van der Waals surface area (Å²) >= 11 is 0. The molecule has 5 heteroatoms. The minimum Gasteiger partial charge on any atom is -0.349 e. The highest BCUT2D eigenvalue weighted by atomic mass is 16.5. The Kier molecular flexibility index (Phi) is 2.74. The summed E-state index contributed by atoms with van der Waals surface area (Å²) in [5.74, 6) is -0.351. The van der Waals surface area contributed by atoms with Gasteiger partial charge in [0.2, 0.25) is 0 Å². The van der Waals surface area contributed by atoms with Crippen LogP contribution in [0.2, 0.25) is 0 Å². The number of nitrogens with zero attached hydrogens (tertiary/aromatic N) is 1. The van der Waals surface area contributed by atoms with Crippen LogP contribution in [0.4, 0.5) is 0 Å². The maximum Gasteiger partial charge on any atom is 0.370 e. The molecule has 1 amide bonds. The second-order valence-corrected chi connectivity index (χ2v) is 4.71. The highest BCUT2D eigenvalue weighted by Gasteiger charge is 2.29. The van der Waals surface area contributed by atoms with Crippen molar-refractivity contribution < 1.29 is 9.32 Å². The highest BCUT2D eigenvalue weighted by molar-refractivity contribution is 5.99. The molecular formula is C14H14N2O3. The molecule has 1 aliphatic rings. The number of benzene rings is 1. The Labute approximate surface area is 109 Å². The monoisotopic (exact) mass is 258 g/mol. The highest BCUT2D eigenvalue weighted by Crippen LogP contribution is 2.23. The molecule has 5 nitrogen and oxygen atoms in total. The van der Waals surface area contributed by atoms with Crippen molar-refractivity contribution in [1.29, 1.82) is 0 Å². The average molecular weight is 258 g/mol. The smallest absolute Gasteiger partial charge is 0.349 e. The molecule has 98 valence electrons. The van der Waals surface area contributed by atoms with E-state index in [1.54, 1.807) is 7.05 Å². The van der Waals surface area contributed by atoms with Crippen LogP contribution in [0.1, 0.15) is 23.2 Å². The summed E-state index contributed by atoms with van der Waals surface area (Å²) in [6, 6.07) is 9.49. The van der Waals surface area contributed by atoms with Gasteiger partial charge in [-0.1, -0.05) is 30.3 Å². The van der Waals surface area contributed by atoms with Crippen LogP contribution in [0.15, 0.2) is 39.6 Å². The van der Waals surface area contributed by atoms with Gasteiger partial charge in [-0.05, 0) is 12.8 Å². The lowest BCUT2D eigenvalue weighted by molar-refractivity contribution is 0.0949. The van der Waals surface area contributed by atoms with E-state index in [1.165, 1.54) is 4.74 Å². The van der Waals surface area contributed by atoms with Crippen molar-refractivity contribution in [3.8, 4) is 11.3 Å². The summed E-state index contributed by atoms with van der Waals surface area (Å²) in [7, 11) is 1.62. The van der Waals surface area contributed by atoms with E-state index in [9.17, 15) is 9.59 Å². The Balaban J connectivity index is 2.08. The molecular weight excluding hydrogens is 244 g/mol. The zero-order valence-electron chi connectivity index (χ0n) is 10.6. The predicted octanol–water partition coefficient (Wildman–Crippen LogP) is 1.54. The van der Waals surface area contributed by atoms with E-state index in [0.29, 0.717) is 5.69 Å². The van der Waals surface area contributed by atoms with Crippen LogP contribution in [-0.4, -0.2) is 16.7 Å². The summed E-state index contributed by atoms with van der Waals surface area (Å²) in [5, 5.41) is 2.82. The summed E-state index contributed by atoms with van der Waals surface area (Å²) < 4.78 is 6.37. The quantitative estimate of drug-likeness (QED) is 0.908. The van der Waals surface area contributed by atoms with Crippen LogP contribution in [0, 0.1) is 0 Å². The third-order valence-electron chi connectivity index (χ3n) is 3.16. The van der Waals surface area contributed by atoms with E-state index in [-0.39, 0.29) is 17.5 Å². The fourth-order valence-electron chi connectivity index (χ4n) is 2.08. The van der Waals surface area contributed by atoms with Crippen molar-refractivity contribution in [2.24, 2.45) is 7.05 Å². The van der Waals surface area contributed by atoms with Crippen LogP contribution < -0.4 is 10.9 Å². The van der Waals surface area contributed by atoms with E-state index in [1.807, 2.05) is 30.3 Å². The van der Waals surface area contributed by atoms with Crippen molar-refractivity contribution in [2.45, 2.75) is 18.9 Å². The molecule has 1 aliphatic carbocycles. The molecule has 19 heavy (non-hydrogen) atoms. The third-order valence-corrected chi connectivity index (χ3v) is 3.16. The maximum atomic E-state index is 12.1. The van der Waals surface area contributed by atoms with Gasteiger partial charge in [-0.2, -0.15) is 0 Å². The molecule has 3 rings (SSSR count). The predicted molar refractivity (Wildman–Crippen MR) is 69.9 cm³/mol. The molecule has 2 aromatic rings. The molecule has 1 N–H and O–H groups in total. The van der Waals surface area contributed by atoms with Gasteiger partial charge in [-0.15, -0.1) is 0 Å². The Hall–Kier alpha value is -2.30. The summed E-state index contributed by atoms with van der Waals surface area (Å²) in [6.45, 7) is 0. The minimum absolute atomic E-state index is 0.0839. The molecule has 0 radical (unpaired) electrons. The normalized spacial score (nSPS) is 14.4. The van der Waals surface area contributed by atoms with Crippen molar-refractivity contribution in [3.63, 3.8) is 0 Å². The molecule has 0 bridgehead atoms. The first-order chi connectivity index (χ1) is 9.16. The van der Waals surface area contributed by atoms with Gasteiger partial charge < -0.3 is 9.84 Å². The molecule has 0 spiro atoms. The molecule has 0 atom stereocenters. The number of aryl methyl sites for hydroxylation is 1. The van der Waals surface area contributed by atoms with Gasteiger partial charge in [0.1, 0.15) is 5.69 Å². The van der Waals surface area contributed by atoms with Crippen LogP contribution in [0.5, 0.6) is 0 Å². The van der Waals surface area contributed by atoms with Crippen LogP contribution in [-0.2, 0) is 7.05 Å². The first-order valence-electron chi connectivity index (χ1n) is 6.23. The Morgan fingerprint density at radius 2 is 2.00 bits per heavy atom. The molecule has 1 heterocycles. The Morgan fingerprint density at radius 1 is 1.32 bits per heavy atom. The van der Waals surface area contributed by atoms with Crippen molar-refractivity contribution >= 4 is 5.91 Å². The summed E-state index contributed by atoms with van der Waals surface area (Å²) in [6.07, 6.45) is 1.95. The zero-order valence-corrected chi connectivity index (χ0v) is 10.6. The van der Waals surface area contributed by atoms with E-state index in [2.05, 4.69) is 5.32 Å². The van der Waals surface area contributed by atoms with Crippen LogP contribution >= 0.6 is 0 Å². The van der Waals surface area contributed by atoms with E-state index in [4.69, 9.17) is 4.52 Å². The summed E-state index contributed by atoms with van der Waals surface area (Å²) in [4.78, 5) is 24.0. The second-order valence-electron chi connectivity index (χ2n) is 4.71. The molecule has 1 fully saturated rings. The number of carbonyl (C=O) groups is 1. The molecule has 1 saturated carbocycles. The largest absolute Gasteiger partial charge is 0.370 e. The van der Waals surface area contributed by atoms with E-state index >= 15 is 0 Å². The number of hydrogen-bond acceptors (Lipinski definition) is 3. The lowest BCUT2D eigenvalue weighted by Gasteiger charge is -2.05. The average Bonchev–Trinajstić information content (AvgIpc) is 3.14. The standard InChI is InChI=1S/C14H14N2O3/c1-16-12(9-5-3-2-4-6-9)11(14(18)19-16)13(17)15-10-7-8-10/h2-6,10H,7-8H2,1H3,(H,15,17). The fraction of sp³-hybridized carbons (Fsp3) is 0.286. The summed E-state index contributed by atoms with van der Waals surface area (Å²) in [5.41, 5.74) is 0.792. The fourth-order valence-corrected chi connectivity index (χ4v) is 2.08. The SMILES string of the molecule is Cn1oc(=O)c(C(=O)NC2CC2)c1-c1ccccc1. The topological polar surface area (TPSA) is 64.2 Å². The second kappa shape index (κ2) is 4.42. The van der Waals surface area contributed by atoms with Crippen molar-refractivity contribution in [2.75, 3.05) is 0 Å². The van der Waals surface area contributed by atoms with Gasteiger partial charge in [0.15, 0.2) is 5.56 Å². The van der Waals surface area contributed by atoms with Gasteiger partial charge in [-0.3, -0.25) is 4.79 Å². The minimum atomic E-state index is -0.598. The number of rotatable bonds is 3. The number of nitrogens with one attached hydrogen (secondary N) is 1. The first-order valence-corrected chi connectivity index (χ1v) is 6.23. The van der Waals surface area contributed by atoms with Gasteiger partial charge in [0.05, 0.1) is 0 Å². The Morgan fingerprint density at radius 3 is 2.63 bits per heavy atom. The van der Waals surface area contributed by atoms with Gasteiger partial charge in [0.25, 0.3) is 5.91 Å². The number of amides is 1. The lowest BCUT2D eigenvalue weighted by atomic mass is 10.1. The maximum absolute atomic E-state index is 12.1. The zero-order chi connectivity index (χ0) is 13.4. The Bertz CT molecular complexity index is 666.